The molecule has 5 nitrogen and oxygen atoms in total. The van der Waals surface area contributed by atoms with Gasteiger partial charge >= 0.3 is 11.9 Å². The van der Waals surface area contributed by atoms with Gasteiger partial charge in [0, 0.05) is 19.4 Å². The molecule has 0 aromatic carbocycles. The lowest BCUT2D eigenvalue weighted by molar-refractivity contribution is -0.155. The number of hydrogen-bond donors (Lipinski definition) is 0. The monoisotopic (exact) mass is 895 g/mol. The molecule has 0 bridgehead atoms. The first kappa shape index (κ1) is 61.6. The third kappa shape index (κ3) is 52.2. The summed E-state index contributed by atoms with van der Waals surface area (Å²) in [6.07, 6.45) is 69.7. The van der Waals surface area contributed by atoms with Gasteiger partial charge in [-0.1, -0.05) is 242 Å². The van der Waals surface area contributed by atoms with Crippen molar-refractivity contribution >= 4 is 11.9 Å². The molecule has 0 aromatic rings. The fraction of sp³-hybridized carbons (Fsp3) is 0.797. The highest BCUT2D eigenvalue weighted by Gasteiger charge is 2.16. The van der Waals surface area contributed by atoms with Crippen LogP contribution in [0.5, 0.6) is 0 Å². The van der Waals surface area contributed by atoms with Crippen LogP contribution in [0.2, 0.25) is 0 Å². The van der Waals surface area contributed by atoms with Gasteiger partial charge < -0.3 is 14.2 Å². The molecule has 0 N–H and O–H groups in total. The number of rotatable bonds is 51. The molecule has 0 fully saturated rings. The number of carbonyl (C=O) groups is 2. The molecule has 0 unspecified atom stereocenters. The van der Waals surface area contributed by atoms with Gasteiger partial charge in [-0.15, -0.1) is 0 Å². The molecule has 0 heterocycles. The van der Waals surface area contributed by atoms with Gasteiger partial charge in [-0.05, 0) is 83.5 Å². The topological polar surface area (TPSA) is 61.8 Å². The van der Waals surface area contributed by atoms with Crippen LogP contribution >= 0.6 is 0 Å². The van der Waals surface area contributed by atoms with Gasteiger partial charge in [-0.25, -0.2) is 0 Å². The Kier molecular flexibility index (Phi) is 52.9. The van der Waals surface area contributed by atoms with Crippen LogP contribution in [0.25, 0.3) is 0 Å². The molecule has 64 heavy (non-hydrogen) atoms. The number of esters is 2. The predicted molar refractivity (Wildman–Crippen MR) is 279 cm³/mol. The second kappa shape index (κ2) is 54.9. The number of allylic oxidation sites excluding steroid dienone is 10. The van der Waals surface area contributed by atoms with Crippen LogP contribution in [-0.2, 0) is 23.8 Å². The molecule has 0 amide bonds. The van der Waals surface area contributed by atoms with Gasteiger partial charge in [-0.3, -0.25) is 9.59 Å². The molecule has 0 radical (unpaired) electrons. The fourth-order valence-corrected chi connectivity index (χ4v) is 7.88. The second-order valence-corrected chi connectivity index (χ2v) is 18.5. The summed E-state index contributed by atoms with van der Waals surface area (Å²) in [6.45, 7) is 7.60. The third-order valence-electron chi connectivity index (χ3n) is 12.1. The van der Waals surface area contributed by atoms with Crippen LogP contribution in [0.1, 0.15) is 278 Å². The Morgan fingerprint density at radius 1 is 0.344 bits per heavy atom. The van der Waals surface area contributed by atoms with Crippen molar-refractivity contribution in [2.75, 3.05) is 19.8 Å². The largest absolute Gasteiger partial charge is 0.463 e. The average Bonchev–Trinajstić information content (AvgIpc) is 3.30. The van der Waals surface area contributed by atoms with Crippen molar-refractivity contribution in [3.05, 3.63) is 60.8 Å². The Hall–Kier alpha value is -2.40. The van der Waals surface area contributed by atoms with E-state index in [-0.39, 0.29) is 25.2 Å². The van der Waals surface area contributed by atoms with E-state index in [4.69, 9.17) is 14.2 Å². The fourth-order valence-electron chi connectivity index (χ4n) is 7.88. The summed E-state index contributed by atoms with van der Waals surface area (Å²) in [5.41, 5.74) is 0. The van der Waals surface area contributed by atoms with Gasteiger partial charge in [0.2, 0.25) is 0 Å². The lowest BCUT2D eigenvalue weighted by Gasteiger charge is -2.18. The van der Waals surface area contributed by atoms with Crippen molar-refractivity contribution in [3.8, 4) is 0 Å². The molecule has 0 aliphatic carbocycles. The first-order valence-corrected chi connectivity index (χ1v) is 27.8. The predicted octanol–water partition coefficient (Wildman–Crippen LogP) is 18.9. The number of unbranched alkanes of at least 4 members (excludes halogenated alkanes) is 30. The highest BCUT2D eigenvalue weighted by molar-refractivity contribution is 5.69. The summed E-state index contributed by atoms with van der Waals surface area (Å²) in [7, 11) is 0. The van der Waals surface area contributed by atoms with Gasteiger partial charge in [-0.2, -0.15) is 0 Å². The van der Waals surface area contributed by atoms with Crippen LogP contribution in [0.4, 0.5) is 0 Å². The maximum atomic E-state index is 12.6. The SMILES string of the molecule is CC/C=C\C/C=C\C/C=C\C/C=C\CCCCC(=O)OC[C@H](COC(=O)CCCCCCCCC/C=C\CCCCCCCC)OCCCCCCCCCCCCCCCCCC. The van der Waals surface area contributed by atoms with Crippen LogP contribution in [0.15, 0.2) is 60.8 Å². The van der Waals surface area contributed by atoms with Crippen molar-refractivity contribution in [2.45, 2.75) is 284 Å². The molecule has 5 heteroatoms. The molecule has 0 rings (SSSR count). The molecule has 0 aliphatic heterocycles. The normalized spacial score (nSPS) is 12.6. The molecular weight excluding hydrogens is 789 g/mol. The summed E-state index contributed by atoms with van der Waals surface area (Å²) < 4.78 is 17.5. The van der Waals surface area contributed by atoms with E-state index in [1.165, 1.54) is 173 Å². The van der Waals surface area contributed by atoms with Crippen molar-refractivity contribution in [1.29, 1.82) is 0 Å². The van der Waals surface area contributed by atoms with Gasteiger partial charge in [0.15, 0.2) is 0 Å². The van der Waals surface area contributed by atoms with E-state index < -0.39 is 6.10 Å². The zero-order valence-electron chi connectivity index (χ0n) is 42.8. The number of hydrogen-bond acceptors (Lipinski definition) is 5. The minimum atomic E-state index is -0.418. The number of carbonyl (C=O) groups excluding carboxylic acids is 2. The van der Waals surface area contributed by atoms with Crippen LogP contribution in [0, 0.1) is 0 Å². The molecule has 0 saturated carbocycles. The molecule has 0 aliphatic rings. The summed E-state index contributed by atoms with van der Waals surface area (Å²) >= 11 is 0. The zero-order chi connectivity index (χ0) is 46.3. The molecule has 0 aromatic heterocycles. The summed E-state index contributed by atoms with van der Waals surface area (Å²) in [5.74, 6) is -0.377. The highest BCUT2D eigenvalue weighted by atomic mass is 16.6. The quantitative estimate of drug-likeness (QED) is 0.0346. The van der Waals surface area contributed by atoms with E-state index in [2.05, 4.69) is 81.5 Å². The Morgan fingerprint density at radius 3 is 1.05 bits per heavy atom. The molecular formula is C59H106O5. The van der Waals surface area contributed by atoms with Crippen LogP contribution < -0.4 is 0 Å². The van der Waals surface area contributed by atoms with E-state index in [9.17, 15) is 9.59 Å². The molecule has 0 saturated heterocycles. The van der Waals surface area contributed by atoms with E-state index in [0.717, 1.165) is 70.6 Å². The first-order valence-electron chi connectivity index (χ1n) is 27.8. The Morgan fingerprint density at radius 2 is 0.641 bits per heavy atom. The van der Waals surface area contributed by atoms with Crippen molar-refractivity contribution in [1.82, 2.24) is 0 Å². The molecule has 0 spiro atoms. The lowest BCUT2D eigenvalue weighted by Crippen LogP contribution is -2.29. The Bertz CT molecular complexity index is 1100. The van der Waals surface area contributed by atoms with Gasteiger partial charge in [0.1, 0.15) is 19.3 Å². The second-order valence-electron chi connectivity index (χ2n) is 18.5. The summed E-state index contributed by atoms with van der Waals surface area (Å²) in [4.78, 5) is 25.3. The van der Waals surface area contributed by atoms with Crippen molar-refractivity contribution < 1.29 is 23.8 Å². The van der Waals surface area contributed by atoms with Crippen molar-refractivity contribution in [3.63, 3.8) is 0 Å². The molecule has 1 atom stereocenters. The van der Waals surface area contributed by atoms with E-state index in [1.54, 1.807) is 0 Å². The maximum Gasteiger partial charge on any atom is 0.305 e. The Labute approximate surface area is 398 Å². The molecule has 372 valence electrons. The van der Waals surface area contributed by atoms with E-state index in [1.807, 2.05) is 0 Å². The van der Waals surface area contributed by atoms with Gasteiger partial charge in [0.05, 0.1) is 0 Å². The smallest absolute Gasteiger partial charge is 0.305 e. The standard InChI is InChI=1S/C59H106O5/c1-4-7-10-13-16-19-22-25-28-30-32-35-38-41-44-47-50-53-59(61)64-56-57(62-54-51-48-45-42-39-36-33-29-26-23-20-17-14-11-8-5-2)55-63-58(60)52-49-46-43-40-37-34-31-27-24-21-18-15-12-9-6-3/h9,12,18,21,25,27-28,31,37,40,57H,4-8,10-11,13-17,19-20,22-24,26,29-30,32-36,38-39,41-56H2,1-3H3/b12-9-,21-18-,28-25-,31-27-,40-37-/t57-/m1/s1. The lowest BCUT2D eigenvalue weighted by atomic mass is 10.0. The minimum absolute atomic E-state index is 0.136. The summed E-state index contributed by atoms with van der Waals surface area (Å²) in [5, 5.41) is 0. The van der Waals surface area contributed by atoms with E-state index in [0.29, 0.717) is 19.4 Å². The van der Waals surface area contributed by atoms with Gasteiger partial charge in [0.25, 0.3) is 0 Å². The van der Waals surface area contributed by atoms with Crippen LogP contribution in [-0.4, -0.2) is 37.9 Å². The third-order valence-corrected chi connectivity index (χ3v) is 12.1. The summed E-state index contributed by atoms with van der Waals surface area (Å²) in [6, 6.07) is 0. The first-order chi connectivity index (χ1) is 31.6. The maximum absolute atomic E-state index is 12.6. The highest BCUT2D eigenvalue weighted by Crippen LogP contribution is 2.15. The Balaban J connectivity index is 4.30. The van der Waals surface area contributed by atoms with E-state index >= 15 is 0 Å². The average molecular weight is 895 g/mol. The zero-order valence-corrected chi connectivity index (χ0v) is 42.8. The van der Waals surface area contributed by atoms with Crippen molar-refractivity contribution in [2.24, 2.45) is 0 Å². The number of ether oxygens (including phenoxy) is 3. The minimum Gasteiger partial charge on any atom is -0.463 e. The van der Waals surface area contributed by atoms with Crippen LogP contribution in [0.3, 0.4) is 0 Å².